The Balaban J connectivity index is 1.78. The zero-order valence-electron chi connectivity index (χ0n) is 21.8. The molecule has 3 aromatic rings. The van der Waals surface area contributed by atoms with E-state index in [0.29, 0.717) is 39.7 Å². The van der Waals surface area contributed by atoms with Crippen molar-refractivity contribution in [2.24, 2.45) is 10.2 Å². The molecule has 192 valence electrons. The number of aliphatic hydroxyl groups excluding tert-OH is 1. The number of aliphatic hydroxyl groups is 1. The van der Waals surface area contributed by atoms with E-state index in [1.165, 1.54) is 16.9 Å². The third kappa shape index (κ3) is 7.96. The summed E-state index contributed by atoms with van der Waals surface area (Å²) in [5.74, 6) is 0. The molecule has 37 heavy (non-hydrogen) atoms. The lowest BCUT2D eigenvalue weighted by Gasteiger charge is -2.27. The highest BCUT2D eigenvalue weighted by Gasteiger charge is 2.15. The number of thiophene rings is 1. The summed E-state index contributed by atoms with van der Waals surface area (Å²) in [5.41, 5.74) is 5.03. The first-order chi connectivity index (χ1) is 17.8. The van der Waals surface area contributed by atoms with Crippen molar-refractivity contribution >= 4 is 27.7 Å². The van der Waals surface area contributed by atoms with Gasteiger partial charge in [-0.25, -0.2) is 0 Å². The zero-order chi connectivity index (χ0) is 26.8. The predicted octanol–water partition coefficient (Wildman–Crippen LogP) is 7.10. The van der Waals surface area contributed by atoms with Gasteiger partial charge in [-0.1, -0.05) is 30.3 Å². The molecule has 2 aromatic carbocycles. The summed E-state index contributed by atoms with van der Waals surface area (Å²) in [6.45, 7) is 9.70. The van der Waals surface area contributed by atoms with Crippen molar-refractivity contribution in [3.05, 3.63) is 75.7 Å². The van der Waals surface area contributed by atoms with Crippen molar-refractivity contribution in [2.75, 3.05) is 18.1 Å². The number of nitrogens with zero attached hydrogens (tertiary/aromatic N) is 5. The number of benzene rings is 2. The van der Waals surface area contributed by atoms with Crippen LogP contribution in [0.3, 0.4) is 0 Å². The van der Waals surface area contributed by atoms with E-state index in [1.54, 1.807) is 13.8 Å². The van der Waals surface area contributed by atoms with Crippen LogP contribution in [0.5, 0.6) is 0 Å². The van der Waals surface area contributed by atoms with Crippen LogP contribution in [0.25, 0.3) is 0 Å². The van der Waals surface area contributed by atoms with Gasteiger partial charge in [0.15, 0.2) is 5.00 Å². The van der Waals surface area contributed by atoms with Crippen LogP contribution in [0.1, 0.15) is 53.8 Å². The smallest absolute Gasteiger partial charge is 0.158 e. The fourth-order valence-corrected chi connectivity index (χ4v) is 4.70. The van der Waals surface area contributed by atoms with Gasteiger partial charge in [0, 0.05) is 25.4 Å². The van der Waals surface area contributed by atoms with Crippen LogP contribution in [0.15, 0.2) is 58.8 Å². The van der Waals surface area contributed by atoms with Crippen molar-refractivity contribution < 1.29 is 9.84 Å². The Labute approximate surface area is 223 Å². The third-order valence-electron chi connectivity index (χ3n) is 6.10. The molecule has 3 rings (SSSR count). The minimum absolute atomic E-state index is 0.0769. The van der Waals surface area contributed by atoms with Gasteiger partial charge in [-0.15, -0.1) is 21.6 Å². The number of ether oxygens (including phenoxy) is 1. The lowest BCUT2D eigenvalue weighted by atomic mass is 10.1. The molecule has 0 aliphatic carbocycles. The van der Waals surface area contributed by atoms with Gasteiger partial charge in [0.2, 0.25) is 0 Å². The van der Waals surface area contributed by atoms with Crippen LogP contribution in [-0.2, 0) is 11.3 Å². The summed E-state index contributed by atoms with van der Waals surface area (Å²) < 4.78 is 5.89. The number of nitriles is 2. The fraction of sp³-hybridized carbons (Fsp3) is 0.379. The summed E-state index contributed by atoms with van der Waals surface area (Å²) in [7, 11) is 0. The SMILES string of the molecule is Cc1cc(N(CCC(C)OCCC(C)O)Cc2ccccc2)ccc1N=Nc1sc(C#N)c(C)c1C#N. The second-order valence-electron chi connectivity index (χ2n) is 9.15. The molecule has 0 fully saturated rings. The maximum atomic E-state index is 9.47. The first-order valence-corrected chi connectivity index (χ1v) is 13.2. The molecular formula is C29H33N5O2S. The van der Waals surface area contributed by atoms with Gasteiger partial charge < -0.3 is 14.7 Å². The van der Waals surface area contributed by atoms with Crippen molar-refractivity contribution in [3.63, 3.8) is 0 Å². The summed E-state index contributed by atoms with van der Waals surface area (Å²) in [6.07, 6.45) is 1.20. The Morgan fingerprint density at radius 3 is 2.43 bits per heavy atom. The number of hydrogen-bond donors (Lipinski definition) is 1. The molecule has 0 radical (unpaired) electrons. The van der Waals surface area contributed by atoms with E-state index in [-0.39, 0.29) is 12.2 Å². The summed E-state index contributed by atoms with van der Waals surface area (Å²) in [4.78, 5) is 2.81. The largest absolute Gasteiger partial charge is 0.393 e. The van der Waals surface area contributed by atoms with Crippen LogP contribution in [0.4, 0.5) is 16.4 Å². The van der Waals surface area contributed by atoms with E-state index in [4.69, 9.17) is 4.74 Å². The normalized spacial score (nSPS) is 12.7. The number of rotatable bonds is 12. The molecule has 0 saturated carbocycles. The molecule has 1 aromatic heterocycles. The maximum Gasteiger partial charge on any atom is 0.158 e. The Bertz CT molecular complexity index is 1290. The van der Waals surface area contributed by atoms with Gasteiger partial charge in [-0.2, -0.15) is 10.5 Å². The monoisotopic (exact) mass is 515 g/mol. The standard InChI is InChI=1S/C29H33N5O2S/c1-20-16-25(10-11-27(20)32-33-29-26(17-30)23(4)28(18-31)37-29)34(19-24-8-6-5-7-9-24)14-12-22(3)36-15-13-21(2)35/h5-11,16,21-22,35H,12-15,19H2,1-4H3. The van der Waals surface area contributed by atoms with Gasteiger partial charge >= 0.3 is 0 Å². The second kappa shape index (κ2) is 13.7. The Hall–Kier alpha value is -3.56. The molecular weight excluding hydrogens is 482 g/mol. The Morgan fingerprint density at radius 1 is 1.03 bits per heavy atom. The van der Waals surface area contributed by atoms with Crippen LogP contribution >= 0.6 is 11.3 Å². The number of hydrogen-bond acceptors (Lipinski definition) is 8. The minimum Gasteiger partial charge on any atom is -0.393 e. The molecule has 7 nitrogen and oxygen atoms in total. The molecule has 0 saturated heterocycles. The van der Waals surface area contributed by atoms with Crippen molar-refractivity contribution in [3.8, 4) is 12.1 Å². The lowest BCUT2D eigenvalue weighted by Crippen LogP contribution is -2.27. The highest BCUT2D eigenvalue weighted by atomic mass is 32.1. The molecule has 2 atom stereocenters. The average molecular weight is 516 g/mol. The first kappa shape index (κ1) is 28.0. The van der Waals surface area contributed by atoms with Crippen LogP contribution in [0, 0.1) is 36.5 Å². The van der Waals surface area contributed by atoms with Gasteiger partial charge in [0.25, 0.3) is 0 Å². The van der Waals surface area contributed by atoms with Crippen molar-refractivity contribution in [2.45, 2.75) is 59.3 Å². The van der Waals surface area contributed by atoms with E-state index < -0.39 is 0 Å². The first-order valence-electron chi connectivity index (χ1n) is 12.4. The molecule has 1 heterocycles. The summed E-state index contributed by atoms with van der Waals surface area (Å²) in [6, 6.07) is 20.7. The molecule has 1 N–H and O–H groups in total. The number of azo groups is 1. The second-order valence-corrected chi connectivity index (χ2v) is 10.1. The van der Waals surface area contributed by atoms with E-state index in [0.717, 1.165) is 30.8 Å². The van der Waals surface area contributed by atoms with E-state index in [9.17, 15) is 15.6 Å². The molecule has 0 aliphatic rings. The topological polar surface area (TPSA) is 105 Å². The van der Waals surface area contributed by atoms with Crippen LogP contribution in [0.2, 0.25) is 0 Å². The maximum absolute atomic E-state index is 9.47. The molecule has 0 aliphatic heterocycles. The number of anilines is 1. The average Bonchev–Trinajstić information content (AvgIpc) is 3.20. The predicted molar refractivity (Wildman–Crippen MR) is 148 cm³/mol. The Morgan fingerprint density at radius 2 is 1.78 bits per heavy atom. The van der Waals surface area contributed by atoms with Gasteiger partial charge in [-0.05, 0) is 75.4 Å². The van der Waals surface area contributed by atoms with Gasteiger partial charge in [0.1, 0.15) is 17.0 Å². The van der Waals surface area contributed by atoms with Gasteiger partial charge in [0.05, 0.1) is 23.5 Å². The molecule has 0 spiro atoms. The number of aryl methyl sites for hydroxylation is 1. The summed E-state index contributed by atoms with van der Waals surface area (Å²) in [5, 5.41) is 37.3. The van der Waals surface area contributed by atoms with Crippen molar-refractivity contribution in [1.82, 2.24) is 0 Å². The van der Waals surface area contributed by atoms with Crippen molar-refractivity contribution in [1.29, 1.82) is 10.5 Å². The molecule has 8 heteroatoms. The fourth-order valence-electron chi connectivity index (χ4n) is 3.82. The lowest BCUT2D eigenvalue weighted by molar-refractivity contribution is 0.0383. The molecule has 0 bridgehead atoms. The Kier molecular flexibility index (Phi) is 10.3. The molecule has 0 amide bonds. The van der Waals surface area contributed by atoms with Gasteiger partial charge in [-0.3, -0.25) is 0 Å². The van der Waals surface area contributed by atoms with E-state index >= 15 is 0 Å². The third-order valence-corrected chi connectivity index (χ3v) is 7.18. The minimum atomic E-state index is -0.357. The van der Waals surface area contributed by atoms with Crippen LogP contribution in [-0.4, -0.2) is 30.5 Å². The quantitative estimate of drug-likeness (QED) is 0.259. The summed E-state index contributed by atoms with van der Waals surface area (Å²) >= 11 is 1.18. The highest BCUT2D eigenvalue weighted by Crippen LogP contribution is 2.36. The van der Waals surface area contributed by atoms with Crippen LogP contribution < -0.4 is 4.90 Å². The van der Waals surface area contributed by atoms with E-state index in [1.807, 2.05) is 37.3 Å². The highest BCUT2D eigenvalue weighted by molar-refractivity contribution is 7.16. The van der Waals surface area contributed by atoms with E-state index in [2.05, 4.69) is 52.4 Å². The zero-order valence-corrected chi connectivity index (χ0v) is 22.6. The molecule has 2 unspecified atom stereocenters.